The molecule has 4 rings (SSSR count). The number of furan rings is 1. The standard InChI is InChI=1S/C17H16N2O4S/c20-24(21,13-7-2-1-3-8-13)16-17(19-10-4-5-11-19)23-15(18-16)14-9-6-12-22-14/h1-3,6-9,12H,4-5,10-11H2. The molecule has 0 atom stereocenters. The van der Waals surface area contributed by atoms with Gasteiger partial charge in [-0.25, -0.2) is 8.42 Å². The monoisotopic (exact) mass is 344 g/mol. The molecule has 1 aromatic carbocycles. The van der Waals surface area contributed by atoms with E-state index in [0.717, 1.165) is 25.9 Å². The van der Waals surface area contributed by atoms with Gasteiger partial charge in [-0.2, -0.15) is 4.98 Å². The van der Waals surface area contributed by atoms with Gasteiger partial charge in [-0.3, -0.25) is 0 Å². The largest absolute Gasteiger partial charge is 0.459 e. The predicted molar refractivity (Wildman–Crippen MR) is 87.5 cm³/mol. The molecule has 0 spiro atoms. The van der Waals surface area contributed by atoms with Crippen molar-refractivity contribution in [2.75, 3.05) is 18.0 Å². The number of sulfone groups is 1. The molecule has 0 saturated carbocycles. The molecule has 1 saturated heterocycles. The average molecular weight is 344 g/mol. The van der Waals surface area contributed by atoms with Crippen LogP contribution in [0.5, 0.6) is 0 Å². The Morgan fingerprint density at radius 3 is 2.42 bits per heavy atom. The highest BCUT2D eigenvalue weighted by atomic mass is 32.2. The Bertz CT molecular complexity index is 924. The molecule has 124 valence electrons. The van der Waals surface area contributed by atoms with Crippen LogP contribution in [-0.4, -0.2) is 26.5 Å². The van der Waals surface area contributed by atoms with Gasteiger partial charge in [-0.15, -0.1) is 0 Å². The number of hydrogen-bond donors (Lipinski definition) is 0. The number of anilines is 1. The molecule has 0 aliphatic carbocycles. The van der Waals surface area contributed by atoms with E-state index >= 15 is 0 Å². The van der Waals surface area contributed by atoms with E-state index in [2.05, 4.69) is 4.98 Å². The molecule has 2 aromatic heterocycles. The fourth-order valence-corrected chi connectivity index (χ4v) is 4.15. The van der Waals surface area contributed by atoms with Crippen LogP contribution >= 0.6 is 0 Å². The van der Waals surface area contributed by atoms with E-state index in [1.807, 2.05) is 4.90 Å². The first kappa shape index (κ1) is 15.0. The molecular formula is C17H16N2O4S. The molecule has 0 unspecified atom stereocenters. The summed E-state index contributed by atoms with van der Waals surface area (Å²) in [6, 6.07) is 11.7. The number of oxazole rings is 1. The van der Waals surface area contributed by atoms with Gasteiger partial charge in [0, 0.05) is 13.1 Å². The number of aromatic nitrogens is 1. The number of nitrogens with zero attached hydrogens (tertiary/aromatic N) is 2. The van der Waals surface area contributed by atoms with Crippen LogP contribution in [0.2, 0.25) is 0 Å². The quantitative estimate of drug-likeness (QED) is 0.722. The topological polar surface area (TPSA) is 76.5 Å². The van der Waals surface area contributed by atoms with Crippen molar-refractivity contribution in [3.8, 4) is 11.7 Å². The second kappa shape index (κ2) is 5.83. The molecule has 3 aromatic rings. The Labute approximate surface area is 139 Å². The van der Waals surface area contributed by atoms with Gasteiger partial charge in [-0.05, 0) is 37.1 Å². The fraction of sp³-hybridized carbons (Fsp3) is 0.235. The maximum atomic E-state index is 13.0. The normalized spacial score (nSPS) is 15.1. The van der Waals surface area contributed by atoms with E-state index in [1.54, 1.807) is 42.5 Å². The van der Waals surface area contributed by atoms with Crippen LogP contribution in [0.3, 0.4) is 0 Å². The van der Waals surface area contributed by atoms with Gasteiger partial charge in [0.25, 0.3) is 5.89 Å². The van der Waals surface area contributed by atoms with Crippen LogP contribution in [0.4, 0.5) is 5.88 Å². The van der Waals surface area contributed by atoms with Crippen molar-refractivity contribution in [2.24, 2.45) is 0 Å². The zero-order valence-corrected chi connectivity index (χ0v) is 13.7. The molecule has 1 fully saturated rings. The first-order valence-corrected chi connectivity index (χ1v) is 9.24. The van der Waals surface area contributed by atoms with Gasteiger partial charge in [0.15, 0.2) is 5.76 Å². The van der Waals surface area contributed by atoms with Crippen LogP contribution in [0.25, 0.3) is 11.7 Å². The van der Waals surface area contributed by atoms with E-state index in [-0.39, 0.29) is 15.8 Å². The molecule has 24 heavy (non-hydrogen) atoms. The third-order valence-corrected chi connectivity index (χ3v) is 5.68. The molecule has 6 nitrogen and oxygen atoms in total. The molecule has 1 aliphatic rings. The lowest BCUT2D eigenvalue weighted by Crippen LogP contribution is -2.19. The third kappa shape index (κ3) is 2.50. The molecule has 3 heterocycles. The molecule has 0 N–H and O–H groups in total. The van der Waals surface area contributed by atoms with E-state index in [1.165, 1.54) is 6.26 Å². The van der Waals surface area contributed by atoms with Crippen molar-refractivity contribution in [3.63, 3.8) is 0 Å². The second-order valence-electron chi connectivity index (χ2n) is 5.62. The summed E-state index contributed by atoms with van der Waals surface area (Å²) in [7, 11) is -3.77. The van der Waals surface area contributed by atoms with Crippen LogP contribution in [0.15, 0.2) is 67.5 Å². The maximum Gasteiger partial charge on any atom is 0.266 e. The second-order valence-corrected chi connectivity index (χ2v) is 7.48. The number of benzene rings is 1. The van der Waals surface area contributed by atoms with Gasteiger partial charge in [0.1, 0.15) is 0 Å². The van der Waals surface area contributed by atoms with Gasteiger partial charge < -0.3 is 13.7 Å². The summed E-state index contributed by atoms with van der Waals surface area (Å²) in [5, 5.41) is -0.0537. The van der Waals surface area contributed by atoms with Crippen molar-refractivity contribution in [2.45, 2.75) is 22.8 Å². The van der Waals surface area contributed by atoms with Crippen LogP contribution in [0, 0.1) is 0 Å². The zero-order chi connectivity index (χ0) is 16.6. The average Bonchev–Trinajstić information content (AvgIpc) is 3.34. The Morgan fingerprint density at radius 1 is 1.00 bits per heavy atom. The summed E-state index contributed by atoms with van der Waals surface area (Å²) in [6.07, 6.45) is 3.50. The van der Waals surface area contributed by atoms with E-state index < -0.39 is 9.84 Å². The highest BCUT2D eigenvalue weighted by molar-refractivity contribution is 7.91. The Morgan fingerprint density at radius 2 is 1.75 bits per heavy atom. The van der Waals surface area contributed by atoms with Crippen LogP contribution in [0.1, 0.15) is 12.8 Å². The Balaban J connectivity index is 1.87. The van der Waals surface area contributed by atoms with Crippen molar-refractivity contribution in [3.05, 3.63) is 48.7 Å². The maximum absolute atomic E-state index is 13.0. The molecule has 1 aliphatic heterocycles. The molecular weight excluding hydrogens is 328 g/mol. The van der Waals surface area contributed by atoms with Crippen molar-refractivity contribution < 1.29 is 17.3 Å². The number of rotatable bonds is 4. The van der Waals surface area contributed by atoms with Gasteiger partial charge >= 0.3 is 0 Å². The minimum atomic E-state index is -3.77. The third-order valence-electron chi connectivity index (χ3n) is 4.01. The first-order valence-electron chi connectivity index (χ1n) is 7.76. The summed E-state index contributed by atoms with van der Waals surface area (Å²) in [6.45, 7) is 1.51. The number of hydrogen-bond acceptors (Lipinski definition) is 6. The smallest absolute Gasteiger partial charge is 0.266 e. The predicted octanol–water partition coefficient (Wildman–Crippen LogP) is 3.37. The van der Waals surface area contributed by atoms with Gasteiger partial charge in [0.05, 0.1) is 11.2 Å². The molecule has 7 heteroatoms. The summed E-state index contributed by atoms with van der Waals surface area (Å²) >= 11 is 0. The first-order chi connectivity index (χ1) is 11.7. The zero-order valence-electron chi connectivity index (χ0n) is 12.9. The minimum Gasteiger partial charge on any atom is -0.459 e. The summed E-state index contributed by atoms with van der Waals surface area (Å²) in [5.74, 6) is 0.879. The van der Waals surface area contributed by atoms with Crippen LogP contribution in [-0.2, 0) is 9.84 Å². The Hall–Kier alpha value is -2.54. The lowest BCUT2D eigenvalue weighted by atomic mass is 10.4. The van der Waals surface area contributed by atoms with Crippen molar-refractivity contribution in [1.29, 1.82) is 0 Å². The minimum absolute atomic E-state index is 0.0537. The van der Waals surface area contributed by atoms with Crippen molar-refractivity contribution >= 4 is 15.7 Å². The highest BCUT2D eigenvalue weighted by Gasteiger charge is 2.32. The van der Waals surface area contributed by atoms with E-state index in [0.29, 0.717) is 11.6 Å². The van der Waals surface area contributed by atoms with Gasteiger partial charge in [0.2, 0.25) is 20.7 Å². The van der Waals surface area contributed by atoms with Crippen molar-refractivity contribution in [1.82, 2.24) is 4.98 Å². The fourth-order valence-electron chi connectivity index (χ4n) is 2.81. The molecule has 0 radical (unpaired) electrons. The highest BCUT2D eigenvalue weighted by Crippen LogP contribution is 2.36. The molecule has 0 amide bonds. The van der Waals surface area contributed by atoms with Crippen LogP contribution < -0.4 is 4.90 Å². The van der Waals surface area contributed by atoms with E-state index in [4.69, 9.17) is 8.83 Å². The summed E-state index contributed by atoms with van der Waals surface area (Å²) < 4.78 is 37.1. The van der Waals surface area contributed by atoms with Gasteiger partial charge in [-0.1, -0.05) is 18.2 Å². The lowest BCUT2D eigenvalue weighted by Gasteiger charge is -2.14. The Kier molecular flexibility index (Phi) is 3.65. The van der Waals surface area contributed by atoms with E-state index in [9.17, 15) is 8.42 Å². The SMILES string of the molecule is O=S(=O)(c1ccccc1)c1nc(-c2ccco2)oc1N1CCCC1. The molecule has 0 bridgehead atoms. The lowest BCUT2D eigenvalue weighted by molar-refractivity contribution is 0.513. The summed E-state index contributed by atoms with van der Waals surface area (Å²) in [4.78, 5) is 6.38. The summed E-state index contributed by atoms with van der Waals surface area (Å²) in [5.41, 5.74) is 0.